The molecule has 0 aliphatic heterocycles. The van der Waals surface area contributed by atoms with Gasteiger partial charge in [0.25, 0.3) is 0 Å². The van der Waals surface area contributed by atoms with Crippen LogP contribution >= 0.6 is 0 Å². The second-order valence-corrected chi connectivity index (χ2v) is 6.81. The van der Waals surface area contributed by atoms with Gasteiger partial charge in [0.2, 0.25) is 0 Å². The van der Waals surface area contributed by atoms with Crippen molar-refractivity contribution in [1.82, 2.24) is 4.57 Å². The number of hydrogen-bond donors (Lipinski definition) is 2. The predicted molar refractivity (Wildman–Crippen MR) is 119 cm³/mol. The number of rotatable bonds is 8. The second kappa shape index (κ2) is 10.1. The molecular formula is C23H25N5O2. The Bertz CT molecular complexity index is 1050. The molecule has 30 heavy (non-hydrogen) atoms. The van der Waals surface area contributed by atoms with Crippen molar-refractivity contribution in [3.63, 3.8) is 0 Å². The third kappa shape index (κ3) is 5.35. The van der Waals surface area contributed by atoms with Gasteiger partial charge in [0.1, 0.15) is 0 Å². The highest BCUT2D eigenvalue weighted by molar-refractivity contribution is 5.91. The first-order chi connectivity index (χ1) is 14.6. The Labute approximate surface area is 175 Å². The summed E-state index contributed by atoms with van der Waals surface area (Å²) in [4.78, 5) is 12.5. The van der Waals surface area contributed by atoms with Crippen LogP contribution in [0.5, 0.6) is 0 Å². The van der Waals surface area contributed by atoms with Gasteiger partial charge in [-0.2, -0.15) is 10.2 Å². The van der Waals surface area contributed by atoms with Crippen LogP contribution in [0.1, 0.15) is 45.1 Å². The highest BCUT2D eigenvalue weighted by Crippen LogP contribution is 2.19. The topological polar surface area (TPSA) is 108 Å². The fraction of sp³-hybridized carbons (Fsp3) is 0.174. The summed E-state index contributed by atoms with van der Waals surface area (Å²) in [6.45, 7) is 2.75. The normalized spacial score (nSPS) is 11.4. The van der Waals surface area contributed by atoms with Gasteiger partial charge < -0.3 is 21.0 Å². The average Bonchev–Trinajstić information content (AvgIpc) is 3.12. The van der Waals surface area contributed by atoms with E-state index in [9.17, 15) is 4.79 Å². The fourth-order valence-electron chi connectivity index (χ4n) is 3.28. The van der Waals surface area contributed by atoms with Crippen molar-refractivity contribution in [1.29, 1.82) is 0 Å². The summed E-state index contributed by atoms with van der Waals surface area (Å²) in [6, 6.07) is 15.8. The first kappa shape index (κ1) is 20.9. The van der Waals surface area contributed by atoms with Crippen LogP contribution < -0.4 is 11.7 Å². The van der Waals surface area contributed by atoms with Gasteiger partial charge in [-0.25, -0.2) is 4.79 Å². The molecule has 4 N–H and O–H groups in total. The minimum Gasteiger partial charge on any atom is -0.462 e. The molecule has 0 amide bonds. The lowest BCUT2D eigenvalue weighted by molar-refractivity contribution is 0.0525. The largest absolute Gasteiger partial charge is 0.462 e. The van der Waals surface area contributed by atoms with E-state index in [4.69, 9.17) is 16.4 Å². The first-order valence-electron chi connectivity index (χ1n) is 9.63. The van der Waals surface area contributed by atoms with Crippen molar-refractivity contribution in [2.45, 2.75) is 19.9 Å². The van der Waals surface area contributed by atoms with Gasteiger partial charge in [-0.15, -0.1) is 0 Å². The highest BCUT2D eigenvalue weighted by atomic mass is 16.5. The number of hydrogen-bond acceptors (Lipinski definition) is 6. The van der Waals surface area contributed by atoms with E-state index in [-0.39, 0.29) is 5.97 Å². The van der Waals surface area contributed by atoms with Gasteiger partial charge in [0.05, 0.1) is 24.6 Å². The number of benzene rings is 2. The molecule has 1 heterocycles. The summed E-state index contributed by atoms with van der Waals surface area (Å²) in [5, 5.41) is 7.11. The molecule has 0 aliphatic carbocycles. The Balaban J connectivity index is 1.87. The summed E-state index contributed by atoms with van der Waals surface area (Å²) in [6.07, 6.45) is 7.64. The van der Waals surface area contributed by atoms with Crippen molar-refractivity contribution in [3.05, 3.63) is 94.3 Å². The molecule has 0 spiro atoms. The monoisotopic (exact) mass is 403 g/mol. The lowest BCUT2D eigenvalue weighted by Gasteiger charge is -2.04. The van der Waals surface area contributed by atoms with Crippen molar-refractivity contribution < 1.29 is 9.53 Å². The van der Waals surface area contributed by atoms with Crippen LogP contribution in [0.3, 0.4) is 0 Å². The molecule has 0 fully saturated rings. The molecule has 2 aromatic carbocycles. The molecule has 1 aromatic heterocycles. The standard InChI is InChI=1S/C23H25N5O2/c1-2-30-23(29)22-16-28(14-20-5-3-4-19(10-20)13-27-25)15-21(22)11-17-6-8-18(9-7-17)12-26-24/h3-10,12-13,15-16H,2,11,14,24-25H2,1H3/b26-12-,27-13-. The molecule has 3 aromatic rings. The molecule has 7 heteroatoms. The summed E-state index contributed by atoms with van der Waals surface area (Å²) in [5.74, 6) is 10.1. The van der Waals surface area contributed by atoms with Gasteiger partial charge in [-0.3, -0.25) is 0 Å². The smallest absolute Gasteiger partial charge is 0.339 e. The summed E-state index contributed by atoms with van der Waals surface area (Å²) in [5.41, 5.74) is 5.49. The van der Waals surface area contributed by atoms with E-state index >= 15 is 0 Å². The number of esters is 1. The zero-order valence-corrected chi connectivity index (χ0v) is 16.9. The molecule has 7 nitrogen and oxygen atoms in total. The van der Waals surface area contributed by atoms with Crippen molar-refractivity contribution in [2.75, 3.05) is 6.61 Å². The van der Waals surface area contributed by atoms with Crippen LogP contribution in [-0.4, -0.2) is 29.6 Å². The molecule has 0 unspecified atom stereocenters. The van der Waals surface area contributed by atoms with Gasteiger partial charge >= 0.3 is 5.97 Å². The number of hydrazone groups is 2. The Hall–Kier alpha value is -3.87. The molecule has 0 radical (unpaired) electrons. The molecular weight excluding hydrogens is 378 g/mol. The zero-order chi connectivity index (χ0) is 21.3. The fourth-order valence-corrected chi connectivity index (χ4v) is 3.28. The van der Waals surface area contributed by atoms with Crippen LogP contribution in [0.4, 0.5) is 0 Å². The second-order valence-electron chi connectivity index (χ2n) is 6.81. The van der Waals surface area contributed by atoms with Crippen molar-refractivity contribution in [3.8, 4) is 0 Å². The number of carbonyl (C=O) groups is 1. The van der Waals surface area contributed by atoms with E-state index in [0.717, 1.165) is 27.8 Å². The maximum Gasteiger partial charge on any atom is 0.339 e. The lowest BCUT2D eigenvalue weighted by atomic mass is 10.0. The van der Waals surface area contributed by atoms with Gasteiger partial charge in [-0.1, -0.05) is 42.5 Å². The van der Waals surface area contributed by atoms with E-state index in [1.165, 1.54) is 0 Å². The van der Waals surface area contributed by atoms with Gasteiger partial charge in [-0.05, 0) is 47.2 Å². The molecule has 3 rings (SSSR count). The minimum atomic E-state index is -0.317. The molecule has 0 saturated heterocycles. The average molecular weight is 403 g/mol. The maximum atomic E-state index is 12.5. The number of carbonyl (C=O) groups excluding carboxylic acids is 1. The Kier molecular flexibility index (Phi) is 7.00. The van der Waals surface area contributed by atoms with Crippen LogP contribution in [-0.2, 0) is 17.7 Å². The highest BCUT2D eigenvalue weighted by Gasteiger charge is 2.16. The van der Waals surface area contributed by atoms with E-state index in [0.29, 0.717) is 25.1 Å². The van der Waals surface area contributed by atoms with Crippen LogP contribution in [0.2, 0.25) is 0 Å². The van der Waals surface area contributed by atoms with E-state index in [1.54, 1.807) is 19.4 Å². The van der Waals surface area contributed by atoms with Crippen LogP contribution in [0, 0.1) is 0 Å². The van der Waals surface area contributed by atoms with Gasteiger partial charge in [0, 0.05) is 18.9 Å². The molecule has 0 atom stereocenters. The Morgan fingerprint density at radius 2 is 1.73 bits per heavy atom. The van der Waals surface area contributed by atoms with Crippen LogP contribution in [0.25, 0.3) is 0 Å². The Morgan fingerprint density at radius 3 is 2.43 bits per heavy atom. The van der Waals surface area contributed by atoms with E-state index in [1.807, 2.05) is 65.5 Å². The lowest BCUT2D eigenvalue weighted by Crippen LogP contribution is -2.06. The predicted octanol–water partition coefficient (Wildman–Crippen LogP) is 2.89. The minimum absolute atomic E-state index is 0.317. The van der Waals surface area contributed by atoms with Gasteiger partial charge in [0.15, 0.2) is 0 Å². The maximum absolute atomic E-state index is 12.5. The summed E-state index contributed by atoms with van der Waals surface area (Å²) >= 11 is 0. The zero-order valence-electron chi connectivity index (χ0n) is 16.9. The number of nitrogens with zero attached hydrogens (tertiary/aromatic N) is 3. The molecule has 0 saturated carbocycles. The van der Waals surface area contributed by atoms with Crippen molar-refractivity contribution >= 4 is 18.4 Å². The quantitative estimate of drug-likeness (QED) is 0.261. The summed E-state index contributed by atoms with van der Waals surface area (Å²) < 4.78 is 7.25. The van der Waals surface area contributed by atoms with E-state index < -0.39 is 0 Å². The summed E-state index contributed by atoms with van der Waals surface area (Å²) in [7, 11) is 0. The number of nitrogens with two attached hydrogens (primary N) is 2. The third-order valence-electron chi connectivity index (χ3n) is 4.60. The number of ether oxygens (including phenoxy) is 1. The first-order valence-corrected chi connectivity index (χ1v) is 9.63. The molecule has 0 aliphatic rings. The molecule has 154 valence electrons. The SMILES string of the molecule is CCOC(=O)c1cn(Cc2cccc(/C=N\N)c2)cc1Cc1ccc(/C=N\N)cc1. The molecule has 0 bridgehead atoms. The van der Waals surface area contributed by atoms with Crippen LogP contribution in [0.15, 0.2) is 71.1 Å². The van der Waals surface area contributed by atoms with Crippen molar-refractivity contribution in [2.24, 2.45) is 21.9 Å². The Morgan fingerprint density at radius 1 is 1.00 bits per heavy atom. The van der Waals surface area contributed by atoms with E-state index in [2.05, 4.69) is 10.2 Å². The third-order valence-corrected chi connectivity index (χ3v) is 4.60. The number of aromatic nitrogens is 1.